The first-order chi connectivity index (χ1) is 15.6. The van der Waals surface area contributed by atoms with E-state index in [4.69, 9.17) is 37.9 Å². The van der Waals surface area contributed by atoms with Crippen LogP contribution < -0.4 is 28.4 Å². The summed E-state index contributed by atoms with van der Waals surface area (Å²) in [5.41, 5.74) is 1.95. The van der Waals surface area contributed by atoms with Gasteiger partial charge in [0.2, 0.25) is 11.5 Å². The standard InChI is InChI=1S/C24H30O8/c1-25-17-7-13(8-18(26-2)23(17)29-5)21-15-11-32-22(16(15)12-31-21)14-9-19(27-3)24(30-6)20(10-14)28-4/h7-10,15-16,21-22H,11-12H2,1-6H3/t15-,16-,21+,22+/m1/s1. The Hall–Kier alpha value is -2.84. The third-order valence-corrected chi connectivity index (χ3v) is 6.30. The molecular formula is C24H30O8. The minimum atomic E-state index is -0.138. The van der Waals surface area contributed by atoms with Crippen LogP contribution in [0.2, 0.25) is 0 Å². The maximum Gasteiger partial charge on any atom is 0.203 e. The number of benzene rings is 2. The predicted octanol–water partition coefficient (Wildman–Crippen LogP) is 3.81. The molecule has 2 saturated heterocycles. The monoisotopic (exact) mass is 446 g/mol. The van der Waals surface area contributed by atoms with Crippen molar-refractivity contribution in [2.45, 2.75) is 12.2 Å². The van der Waals surface area contributed by atoms with Gasteiger partial charge >= 0.3 is 0 Å². The number of rotatable bonds is 8. The molecule has 2 aliphatic heterocycles. The predicted molar refractivity (Wildman–Crippen MR) is 117 cm³/mol. The summed E-state index contributed by atoms with van der Waals surface area (Å²) < 4.78 is 45.5. The van der Waals surface area contributed by atoms with Gasteiger partial charge in [-0.05, 0) is 35.4 Å². The fourth-order valence-electron chi connectivity index (χ4n) is 4.77. The molecule has 2 aromatic carbocycles. The summed E-state index contributed by atoms with van der Waals surface area (Å²) in [5, 5.41) is 0. The first kappa shape index (κ1) is 22.4. The molecule has 0 unspecified atom stereocenters. The molecule has 0 N–H and O–H groups in total. The molecule has 4 rings (SSSR count). The molecule has 8 heteroatoms. The average Bonchev–Trinajstić information content (AvgIpc) is 3.44. The molecule has 2 aromatic rings. The number of fused-ring (bicyclic) bond motifs is 1. The minimum Gasteiger partial charge on any atom is -0.493 e. The van der Waals surface area contributed by atoms with Crippen molar-refractivity contribution in [1.29, 1.82) is 0 Å². The van der Waals surface area contributed by atoms with Gasteiger partial charge in [0, 0.05) is 11.8 Å². The van der Waals surface area contributed by atoms with Crippen molar-refractivity contribution >= 4 is 0 Å². The topological polar surface area (TPSA) is 73.8 Å². The Morgan fingerprint density at radius 2 is 0.844 bits per heavy atom. The molecule has 32 heavy (non-hydrogen) atoms. The Morgan fingerprint density at radius 1 is 0.531 bits per heavy atom. The highest BCUT2D eigenvalue weighted by Crippen LogP contribution is 2.53. The quantitative estimate of drug-likeness (QED) is 0.606. The molecule has 0 aliphatic carbocycles. The average molecular weight is 446 g/mol. The van der Waals surface area contributed by atoms with E-state index in [1.807, 2.05) is 24.3 Å². The van der Waals surface area contributed by atoms with Gasteiger partial charge in [0.25, 0.3) is 0 Å². The van der Waals surface area contributed by atoms with Crippen molar-refractivity contribution in [3.8, 4) is 34.5 Å². The fourth-order valence-corrected chi connectivity index (χ4v) is 4.77. The number of hydrogen-bond acceptors (Lipinski definition) is 8. The van der Waals surface area contributed by atoms with Crippen molar-refractivity contribution in [2.24, 2.45) is 11.8 Å². The zero-order valence-electron chi connectivity index (χ0n) is 19.3. The van der Waals surface area contributed by atoms with Gasteiger partial charge in [0.15, 0.2) is 23.0 Å². The van der Waals surface area contributed by atoms with Crippen LogP contribution in [-0.4, -0.2) is 55.9 Å². The summed E-state index contributed by atoms with van der Waals surface area (Å²) in [6.07, 6.45) is -0.276. The summed E-state index contributed by atoms with van der Waals surface area (Å²) >= 11 is 0. The lowest BCUT2D eigenvalue weighted by Crippen LogP contribution is -2.15. The third kappa shape index (κ3) is 3.67. The van der Waals surface area contributed by atoms with E-state index in [-0.39, 0.29) is 24.0 Å². The molecule has 0 spiro atoms. The number of ether oxygens (including phenoxy) is 8. The first-order valence-corrected chi connectivity index (χ1v) is 10.4. The zero-order valence-corrected chi connectivity index (χ0v) is 19.3. The minimum absolute atomic E-state index is 0.138. The molecule has 2 aliphatic rings. The Labute approximate surface area is 188 Å². The second kappa shape index (κ2) is 9.34. The van der Waals surface area contributed by atoms with Gasteiger partial charge in [0.1, 0.15) is 0 Å². The third-order valence-electron chi connectivity index (χ3n) is 6.30. The molecule has 0 amide bonds. The van der Waals surface area contributed by atoms with Crippen LogP contribution in [0.15, 0.2) is 24.3 Å². The first-order valence-electron chi connectivity index (χ1n) is 10.4. The van der Waals surface area contributed by atoms with Crippen LogP contribution in [-0.2, 0) is 9.47 Å². The van der Waals surface area contributed by atoms with Gasteiger partial charge in [-0.1, -0.05) is 0 Å². The Balaban J connectivity index is 1.64. The van der Waals surface area contributed by atoms with E-state index in [0.29, 0.717) is 47.7 Å². The molecular weight excluding hydrogens is 416 g/mol. The maximum atomic E-state index is 6.27. The Bertz CT molecular complexity index is 832. The maximum absolute atomic E-state index is 6.27. The van der Waals surface area contributed by atoms with Crippen LogP contribution in [0.1, 0.15) is 23.3 Å². The van der Waals surface area contributed by atoms with Crippen molar-refractivity contribution in [1.82, 2.24) is 0 Å². The lowest BCUT2D eigenvalue weighted by molar-refractivity contribution is 0.0190. The Kier molecular flexibility index (Phi) is 6.53. The lowest BCUT2D eigenvalue weighted by Gasteiger charge is -2.20. The molecule has 0 saturated carbocycles. The van der Waals surface area contributed by atoms with Crippen LogP contribution >= 0.6 is 0 Å². The summed E-state index contributed by atoms with van der Waals surface area (Å²) in [4.78, 5) is 0. The van der Waals surface area contributed by atoms with E-state index < -0.39 is 0 Å². The van der Waals surface area contributed by atoms with E-state index in [1.165, 1.54) is 0 Å². The van der Waals surface area contributed by atoms with Crippen LogP contribution in [0.3, 0.4) is 0 Å². The summed E-state index contributed by atoms with van der Waals surface area (Å²) in [7, 11) is 9.62. The van der Waals surface area contributed by atoms with Gasteiger partial charge in [-0.15, -0.1) is 0 Å². The molecule has 0 bridgehead atoms. The molecule has 8 nitrogen and oxygen atoms in total. The summed E-state index contributed by atoms with van der Waals surface area (Å²) in [5.74, 6) is 3.91. The Morgan fingerprint density at radius 3 is 1.09 bits per heavy atom. The number of hydrogen-bond donors (Lipinski definition) is 0. The smallest absolute Gasteiger partial charge is 0.203 e. The zero-order chi connectivity index (χ0) is 22.8. The van der Waals surface area contributed by atoms with Crippen LogP contribution in [0.4, 0.5) is 0 Å². The lowest BCUT2D eigenvalue weighted by atomic mass is 9.84. The van der Waals surface area contributed by atoms with Crippen LogP contribution in [0, 0.1) is 11.8 Å². The van der Waals surface area contributed by atoms with Crippen molar-refractivity contribution in [3.05, 3.63) is 35.4 Å². The SMILES string of the molecule is COc1cc([C@@H]2OC[C@@H]3[C@H]2CO[C@H]3c2cc(OC)c(OC)c(OC)c2)cc(OC)c1OC. The normalized spacial score (nSPS) is 24.1. The van der Waals surface area contributed by atoms with E-state index in [2.05, 4.69) is 0 Å². The van der Waals surface area contributed by atoms with Crippen molar-refractivity contribution < 1.29 is 37.9 Å². The molecule has 2 fully saturated rings. The largest absolute Gasteiger partial charge is 0.493 e. The molecule has 2 heterocycles. The fraction of sp³-hybridized carbons (Fsp3) is 0.500. The molecule has 4 atom stereocenters. The van der Waals surface area contributed by atoms with E-state index in [9.17, 15) is 0 Å². The summed E-state index contributed by atoms with van der Waals surface area (Å²) in [6, 6.07) is 7.78. The second-order valence-electron chi connectivity index (χ2n) is 7.75. The number of methoxy groups -OCH3 is 6. The van der Waals surface area contributed by atoms with Crippen molar-refractivity contribution in [3.63, 3.8) is 0 Å². The van der Waals surface area contributed by atoms with E-state index >= 15 is 0 Å². The summed E-state index contributed by atoms with van der Waals surface area (Å²) in [6.45, 7) is 1.15. The van der Waals surface area contributed by atoms with E-state index in [0.717, 1.165) is 11.1 Å². The van der Waals surface area contributed by atoms with Gasteiger partial charge < -0.3 is 37.9 Å². The highest BCUT2D eigenvalue weighted by molar-refractivity contribution is 5.55. The highest BCUT2D eigenvalue weighted by Gasteiger charge is 2.48. The molecule has 0 aromatic heterocycles. The van der Waals surface area contributed by atoms with Crippen LogP contribution in [0.5, 0.6) is 34.5 Å². The van der Waals surface area contributed by atoms with Gasteiger partial charge in [0.05, 0.1) is 68.1 Å². The molecule has 0 radical (unpaired) electrons. The molecule has 174 valence electrons. The van der Waals surface area contributed by atoms with E-state index in [1.54, 1.807) is 42.7 Å². The van der Waals surface area contributed by atoms with Crippen LogP contribution in [0.25, 0.3) is 0 Å². The highest BCUT2D eigenvalue weighted by atomic mass is 16.5. The van der Waals surface area contributed by atoms with Gasteiger partial charge in [-0.2, -0.15) is 0 Å². The van der Waals surface area contributed by atoms with Gasteiger partial charge in [-0.25, -0.2) is 0 Å². The van der Waals surface area contributed by atoms with Gasteiger partial charge in [-0.3, -0.25) is 0 Å². The van der Waals surface area contributed by atoms with Crippen molar-refractivity contribution in [2.75, 3.05) is 55.9 Å². The second-order valence-corrected chi connectivity index (χ2v) is 7.75.